The molecule has 0 saturated carbocycles. The van der Waals surface area contributed by atoms with E-state index in [4.69, 9.17) is 0 Å². The standard InChI is InChI=1S/C18H12F3N3O/c19-10-5-6-13(20)11(7-10)12-8-16(25)23-18-17(12)22-9-24(18)15-4-2-1-3-14(15)21/h1-7,9,12H,8H2,(H,23,25)/t12-/m1/s1. The van der Waals surface area contributed by atoms with Crippen LogP contribution in [0.4, 0.5) is 19.0 Å². The molecule has 1 aliphatic heterocycles. The highest BCUT2D eigenvalue weighted by molar-refractivity contribution is 5.94. The maximum Gasteiger partial charge on any atom is 0.226 e. The minimum absolute atomic E-state index is 0.0508. The lowest BCUT2D eigenvalue weighted by Gasteiger charge is -2.23. The first-order valence-corrected chi connectivity index (χ1v) is 7.61. The van der Waals surface area contributed by atoms with Gasteiger partial charge in [0.05, 0.1) is 11.4 Å². The van der Waals surface area contributed by atoms with E-state index in [9.17, 15) is 18.0 Å². The average Bonchev–Trinajstić information content (AvgIpc) is 3.00. The Kier molecular flexibility index (Phi) is 3.56. The van der Waals surface area contributed by atoms with Gasteiger partial charge in [0.25, 0.3) is 0 Å². The van der Waals surface area contributed by atoms with Crippen LogP contribution < -0.4 is 5.32 Å². The summed E-state index contributed by atoms with van der Waals surface area (Å²) >= 11 is 0. The maximum atomic E-state index is 14.2. The SMILES string of the molecule is O=C1C[C@H](c2cc(F)ccc2F)c2ncn(-c3ccccc3F)c2N1. The molecule has 2 heterocycles. The quantitative estimate of drug-likeness (QED) is 0.770. The van der Waals surface area contributed by atoms with Crippen LogP contribution >= 0.6 is 0 Å². The van der Waals surface area contributed by atoms with Gasteiger partial charge in [-0.2, -0.15) is 0 Å². The molecular formula is C18H12F3N3O. The number of carbonyl (C=O) groups excluding carboxylic acids is 1. The maximum absolute atomic E-state index is 14.2. The second-order valence-electron chi connectivity index (χ2n) is 5.77. The molecule has 0 unspecified atom stereocenters. The van der Waals surface area contributed by atoms with Crippen molar-refractivity contribution >= 4 is 11.7 Å². The fraction of sp³-hybridized carbons (Fsp3) is 0.111. The first-order chi connectivity index (χ1) is 12.0. The minimum atomic E-state index is -0.743. The Morgan fingerprint density at radius 3 is 2.68 bits per heavy atom. The Hall–Kier alpha value is -3.09. The Morgan fingerprint density at radius 1 is 1.08 bits per heavy atom. The Morgan fingerprint density at radius 2 is 1.88 bits per heavy atom. The van der Waals surface area contributed by atoms with Crippen molar-refractivity contribution in [3.8, 4) is 5.69 Å². The topological polar surface area (TPSA) is 46.9 Å². The highest BCUT2D eigenvalue weighted by Crippen LogP contribution is 2.38. The number of para-hydroxylation sites is 1. The number of hydrogen-bond donors (Lipinski definition) is 1. The van der Waals surface area contributed by atoms with Gasteiger partial charge in [0.1, 0.15) is 29.6 Å². The number of benzene rings is 2. The van der Waals surface area contributed by atoms with Crippen molar-refractivity contribution in [2.24, 2.45) is 0 Å². The number of amides is 1. The largest absolute Gasteiger partial charge is 0.310 e. The summed E-state index contributed by atoms with van der Waals surface area (Å²) in [6, 6.07) is 9.12. The second-order valence-corrected chi connectivity index (χ2v) is 5.77. The molecule has 25 heavy (non-hydrogen) atoms. The number of imidazole rings is 1. The predicted molar refractivity (Wildman–Crippen MR) is 85.0 cm³/mol. The van der Waals surface area contributed by atoms with Crippen LogP contribution in [0.25, 0.3) is 5.69 Å². The van der Waals surface area contributed by atoms with Crippen LogP contribution in [0.1, 0.15) is 23.6 Å². The van der Waals surface area contributed by atoms with E-state index in [-0.39, 0.29) is 29.4 Å². The molecule has 0 radical (unpaired) electrons. The van der Waals surface area contributed by atoms with Crippen LogP contribution in [-0.4, -0.2) is 15.5 Å². The molecule has 1 N–H and O–H groups in total. The molecule has 126 valence electrons. The highest BCUT2D eigenvalue weighted by atomic mass is 19.1. The van der Waals surface area contributed by atoms with Crippen LogP contribution in [0, 0.1) is 17.5 Å². The average molecular weight is 343 g/mol. The molecule has 1 amide bonds. The van der Waals surface area contributed by atoms with E-state index in [1.165, 1.54) is 23.0 Å². The summed E-state index contributed by atoms with van der Waals surface area (Å²) in [4.78, 5) is 16.3. The van der Waals surface area contributed by atoms with E-state index in [1.807, 2.05) is 0 Å². The van der Waals surface area contributed by atoms with Crippen LogP contribution in [0.2, 0.25) is 0 Å². The molecule has 0 saturated heterocycles. The zero-order valence-corrected chi connectivity index (χ0v) is 12.8. The summed E-state index contributed by atoms with van der Waals surface area (Å²) in [6.07, 6.45) is 1.29. The normalized spacial score (nSPS) is 16.4. The van der Waals surface area contributed by atoms with Gasteiger partial charge in [-0.1, -0.05) is 12.1 Å². The molecule has 2 aromatic carbocycles. The summed E-state index contributed by atoms with van der Waals surface area (Å²) in [6.45, 7) is 0. The molecule has 7 heteroatoms. The first-order valence-electron chi connectivity index (χ1n) is 7.61. The van der Waals surface area contributed by atoms with Gasteiger partial charge in [-0.15, -0.1) is 0 Å². The van der Waals surface area contributed by atoms with Crippen LogP contribution in [0.15, 0.2) is 48.8 Å². The van der Waals surface area contributed by atoms with Gasteiger partial charge < -0.3 is 5.32 Å². The van der Waals surface area contributed by atoms with Crippen molar-refractivity contribution < 1.29 is 18.0 Å². The highest BCUT2D eigenvalue weighted by Gasteiger charge is 2.33. The number of aromatic nitrogens is 2. The van der Waals surface area contributed by atoms with Crippen molar-refractivity contribution in [2.75, 3.05) is 5.32 Å². The van der Waals surface area contributed by atoms with Gasteiger partial charge in [-0.05, 0) is 30.3 Å². The van der Waals surface area contributed by atoms with E-state index in [2.05, 4.69) is 10.3 Å². The molecular weight excluding hydrogens is 331 g/mol. The van der Waals surface area contributed by atoms with Gasteiger partial charge in [0.15, 0.2) is 0 Å². The Labute approximate surface area is 140 Å². The summed E-state index contributed by atoms with van der Waals surface area (Å²) in [5.41, 5.74) is 0.624. The van der Waals surface area contributed by atoms with Gasteiger partial charge in [-0.3, -0.25) is 9.36 Å². The lowest BCUT2D eigenvalue weighted by atomic mass is 9.89. The zero-order chi connectivity index (χ0) is 17.6. The van der Waals surface area contributed by atoms with E-state index in [1.54, 1.807) is 12.1 Å². The second kappa shape index (κ2) is 5.77. The van der Waals surface area contributed by atoms with E-state index >= 15 is 0 Å². The van der Waals surface area contributed by atoms with Gasteiger partial charge >= 0.3 is 0 Å². The van der Waals surface area contributed by atoms with E-state index in [0.717, 1.165) is 18.2 Å². The summed E-state index contributed by atoms with van der Waals surface area (Å²) in [7, 11) is 0. The number of carbonyl (C=O) groups is 1. The van der Waals surface area contributed by atoms with Crippen LogP contribution in [0.3, 0.4) is 0 Å². The number of nitrogens with one attached hydrogen (secondary N) is 1. The zero-order valence-electron chi connectivity index (χ0n) is 12.8. The smallest absolute Gasteiger partial charge is 0.226 e. The third kappa shape index (κ3) is 2.57. The number of fused-ring (bicyclic) bond motifs is 1. The van der Waals surface area contributed by atoms with E-state index in [0.29, 0.717) is 5.69 Å². The van der Waals surface area contributed by atoms with Crippen molar-refractivity contribution in [3.63, 3.8) is 0 Å². The summed E-state index contributed by atoms with van der Waals surface area (Å²) < 4.78 is 43.2. The van der Waals surface area contributed by atoms with Crippen molar-refractivity contribution in [3.05, 3.63) is 77.5 Å². The third-order valence-electron chi connectivity index (χ3n) is 4.22. The lowest BCUT2D eigenvalue weighted by molar-refractivity contribution is -0.116. The predicted octanol–water partition coefficient (Wildman–Crippen LogP) is 3.76. The Bertz CT molecular complexity index is 983. The molecule has 4 nitrogen and oxygen atoms in total. The summed E-state index contributed by atoms with van der Waals surface area (Å²) in [5.74, 6) is -2.57. The van der Waals surface area contributed by atoms with Gasteiger partial charge in [0.2, 0.25) is 5.91 Å². The minimum Gasteiger partial charge on any atom is -0.310 e. The fourth-order valence-electron chi connectivity index (χ4n) is 3.08. The molecule has 3 aromatic rings. The summed E-state index contributed by atoms with van der Waals surface area (Å²) in [5, 5.41) is 2.65. The van der Waals surface area contributed by atoms with Gasteiger partial charge in [0, 0.05) is 17.9 Å². The van der Waals surface area contributed by atoms with Crippen molar-refractivity contribution in [1.82, 2.24) is 9.55 Å². The molecule has 0 bridgehead atoms. The number of halogens is 3. The van der Waals surface area contributed by atoms with Crippen LogP contribution in [-0.2, 0) is 4.79 Å². The van der Waals surface area contributed by atoms with Gasteiger partial charge in [-0.25, -0.2) is 18.2 Å². The lowest BCUT2D eigenvalue weighted by Crippen LogP contribution is -2.25. The Balaban J connectivity index is 1.87. The molecule has 1 atom stereocenters. The molecule has 1 aliphatic rings. The molecule has 0 aliphatic carbocycles. The third-order valence-corrected chi connectivity index (χ3v) is 4.22. The number of anilines is 1. The van der Waals surface area contributed by atoms with Crippen LogP contribution in [0.5, 0.6) is 0 Å². The number of hydrogen-bond acceptors (Lipinski definition) is 2. The molecule has 0 spiro atoms. The molecule has 0 fully saturated rings. The van der Waals surface area contributed by atoms with E-state index < -0.39 is 23.4 Å². The monoisotopic (exact) mass is 343 g/mol. The fourth-order valence-corrected chi connectivity index (χ4v) is 3.08. The van der Waals surface area contributed by atoms with Crippen molar-refractivity contribution in [2.45, 2.75) is 12.3 Å². The number of rotatable bonds is 2. The van der Waals surface area contributed by atoms with Crippen molar-refractivity contribution in [1.29, 1.82) is 0 Å². The molecule has 1 aromatic heterocycles. The molecule has 4 rings (SSSR count). The first kappa shape index (κ1) is 15.4. The number of nitrogens with zero attached hydrogens (tertiary/aromatic N) is 2.